The molecule has 4 aliphatic heterocycles. The molecule has 0 N–H and O–H groups in total. The Hall–Kier alpha value is -4.77. The third-order valence-corrected chi connectivity index (χ3v) is 47.7. The van der Waals surface area contributed by atoms with Gasteiger partial charge in [-0.25, -0.2) is 0 Å². The molecule has 12 nitrogen and oxygen atoms in total. The Labute approximate surface area is 450 Å². The molecule has 4 heterocycles. The molecule has 4 fully saturated rings. The maximum Gasteiger partial charge on any atom is 0.515 e. The van der Waals surface area contributed by atoms with E-state index >= 15 is 0 Å². The van der Waals surface area contributed by atoms with Gasteiger partial charge in [0.2, 0.25) is 0 Å². The molecule has 0 aliphatic carbocycles. The molecule has 6 bridgehead atoms. The lowest BCUT2D eigenvalue weighted by Crippen LogP contribution is -2.92. The van der Waals surface area contributed by atoms with Gasteiger partial charge in [-0.05, 0) is 46.7 Å². The highest BCUT2D eigenvalue weighted by Gasteiger charge is 2.82. The number of aryl methyl sites for hydroxylation is 6. The fraction of sp³-hybridized carbons (Fsp3) is 0.111. The van der Waals surface area contributed by atoms with Crippen LogP contribution in [0.15, 0.2) is 206 Å². The third-order valence-electron chi connectivity index (χ3n) is 13.8. The number of rotatable bonds is 9. The number of hydrogen-bond donors (Lipinski definition) is 0. The average Bonchev–Trinajstić information content (AvgIpc) is 3.44. The maximum atomic E-state index is 8.32. The summed E-state index contributed by atoms with van der Waals surface area (Å²) in [6.07, 6.45) is 0. The summed E-state index contributed by atoms with van der Waals surface area (Å²) in [5, 5.41) is 5.01. The summed E-state index contributed by atoms with van der Waals surface area (Å²) in [5.74, 6) is 0. The number of fused-ring (bicyclic) bond motifs is 4. The predicted octanol–water partition coefficient (Wildman–Crippen LogP) is 3.42. The molecule has 8 aromatic carbocycles. The van der Waals surface area contributed by atoms with Crippen molar-refractivity contribution in [3.05, 3.63) is 240 Å². The number of hydrogen-bond acceptors (Lipinski definition) is 12. The van der Waals surface area contributed by atoms with Gasteiger partial charge in [0.05, 0.1) is 0 Å². The molecule has 380 valence electrons. The van der Waals surface area contributed by atoms with Crippen LogP contribution in [0.4, 0.5) is 0 Å². The highest BCUT2D eigenvalue weighted by Crippen LogP contribution is 2.44. The SMILES string of the molecule is Cc1ccc([SiH]2O[Si]3(c4ccccc4)O[Si]4(c5ccc(C)cc5)O[Si](O[SiH3])(c5ccc(C)cc5)O[Si]5(c6ccc(C)cc6)O[Si](c6ccc(C)cc6)(O2)O[Si](c2ccc(C)cc2)(O3)O[Si](c2ccccc2)(O4)O5)cc1. The summed E-state index contributed by atoms with van der Waals surface area (Å²) in [7, 11) is -36.6. The van der Waals surface area contributed by atoms with Gasteiger partial charge in [0.25, 0.3) is 0 Å². The first-order chi connectivity index (χ1) is 36.2. The Bertz CT molecular complexity index is 3340. The Morgan fingerprint density at radius 1 is 0.280 bits per heavy atom. The van der Waals surface area contributed by atoms with E-state index in [1.165, 1.54) is 0 Å². The lowest BCUT2D eigenvalue weighted by atomic mass is 10.2. The van der Waals surface area contributed by atoms with Gasteiger partial charge < -0.3 is 49.4 Å². The fourth-order valence-corrected chi connectivity index (χ4v) is 54.2. The Kier molecular flexibility index (Phi) is 13.3. The molecule has 12 rings (SSSR count). The van der Waals surface area contributed by atoms with Crippen molar-refractivity contribution in [2.75, 3.05) is 0 Å². The smallest absolute Gasteiger partial charge is 0.422 e. The van der Waals surface area contributed by atoms with Gasteiger partial charge in [-0.15, -0.1) is 0 Å². The summed E-state index contributed by atoms with van der Waals surface area (Å²) in [4.78, 5) is 0. The van der Waals surface area contributed by atoms with Gasteiger partial charge in [0.15, 0.2) is 0 Å². The molecule has 75 heavy (non-hydrogen) atoms. The van der Waals surface area contributed by atoms with E-state index in [-0.39, 0.29) is 10.5 Å². The zero-order valence-electron chi connectivity index (χ0n) is 42.6. The minimum Gasteiger partial charge on any atom is -0.422 e. The van der Waals surface area contributed by atoms with Gasteiger partial charge in [0.1, 0.15) is 10.5 Å². The number of benzene rings is 8. The first-order valence-corrected chi connectivity index (χ1v) is 39.4. The molecular formula is C54H56O12Si9. The van der Waals surface area contributed by atoms with Crippen LogP contribution in [0.2, 0.25) is 0 Å². The van der Waals surface area contributed by atoms with Crippen molar-refractivity contribution in [1.82, 2.24) is 0 Å². The van der Waals surface area contributed by atoms with Crippen molar-refractivity contribution < 1.29 is 49.4 Å². The molecule has 0 aromatic heterocycles. The first-order valence-electron chi connectivity index (χ1n) is 25.0. The molecule has 8 aromatic rings. The molecule has 21 heteroatoms. The highest BCUT2D eigenvalue weighted by molar-refractivity contribution is 7.11. The largest absolute Gasteiger partial charge is 0.515 e. The molecule has 0 spiro atoms. The lowest BCUT2D eigenvalue weighted by molar-refractivity contribution is 0.0298. The van der Waals surface area contributed by atoms with E-state index in [9.17, 15) is 0 Å². The van der Waals surface area contributed by atoms with Crippen LogP contribution < -0.4 is 41.5 Å². The molecule has 0 saturated carbocycles. The van der Waals surface area contributed by atoms with Gasteiger partial charge in [-0.1, -0.05) is 240 Å². The highest BCUT2D eigenvalue weighted by atomic mass is 28.6. The standard InChI is InChI=1S/C54H56O12Si9/c1-41-17-29-47(30-18-41)68-56-70(48-13-9-7-10-14-48)60-73(52-35-23-44(4)24-36-52)58-69(55-67,50-31-19-42(2)20-32-50)59-74(53-37-25-45(5)26-38-53)62-71(57-68,51-33-21-43(3)22-34-51)63-75(61-70,54-39-27-46(6)28-40-54)66-72(64-73,65-74)49-15-11-8-12-16-49/h7-40,68H,1-6,67H3. The third kappa shape index (κ3) is 9.22. The van der Waals surface area contributed by atoms with E-state index in [1.54, 1.807) is 0 Å². The molecule has 4 saturated heterocycles. The second kappa shape index (κ2) is 19.6. The van der Waals surface area contributed by atoms with Crippen LogP contribution in [0.5, 0.6) is 0 Å². The fourth-order valence-electron chi connectivity index (χ4n) is 9.64. The average molecular weight is 1150 g/mol. The summed E-state index contributed by atoms with van der Waals surface area (Å²) in [6, 6.07) is 67.9. The monoisotopic (exact) mass is 1150 g/mol. The van der Waals surface area contributed by atoms with Gasteiger partial charge >= 0.3 is 70.9 Å². The molecule has 8 unspecified atom stereocenters. The van der Waals surface area contributed by atoms with Crippen LogP contribution in [-0.2, 0) is 49.4 Å². The summed E-state index contributed by atoms with van der Waals surface area (Å²) < 4.78 is 97.7. The molecular weight excluding hydrogens is 1090 g/mol. The second-order valence-electron chi connectivity index (χ2n) is 19.6. The summed E-state index contributed by atoms with van der Waals surface area (Å²) >= 11 is 0. The second-order valence-corrected chi connectivity index (χ2v) is 43.6. The topological polar surface area (TPSA) is 111 Å². The van der Waals surface area contributed by atoms with E-state index in [1.807, 2.05) is 229 Å². The van der Waals surface area contributed by atoms with Crippen LogP contribution in [0.1, 0.15) is 33.4 Å². The Morgan fingerprint density at radius 2 is 0.520 bits per heavy atom. The van der Waals surface area contributed by atoms with E-state index in [4.69, 9.17) is 49.4 Å². The van der Waals surface area contributed by atoms with Crippen LogP contribution in [-0.4, -0.2) is 81.4 Å². The van der Waals surface area contributed by atoms with Gasteiger partial charge in [-0.3, -0.25) is 0 Å². The van der Waals surface area contributed by atoms with Crippen LogP contribution in [0, 0.1) is 41.5 Å². The molecule has 0 amide bonds. The first kappa shape index (κ1) is 51.0. The van der Waals surface area contributed by atoms with Gasteiger partial charge in [-0.2, -0.15) is 0 Å². The van der Waals surface area contributed by atoms with E-state index in [2.05, 4.69) is 19.1 Å². The summed E-state index contributed by atoms with van der Waals surface area (Å²) in [5.41, 5.74) is 6.15. The Balaban J connectivity index is 1.30. The molecule has 0 radical (unpaired) electrons. The zero-order valence-corrected chi connectivity index (χ0v) is 52.8. The van der Waals surface area contributed by atoms with Crippen LogP contribution in [0.3, 0.4) is 0 Å². The van der Waals surface area contributed by atoms with Crippen molar-refractivity contribution in [1.29, 1.82) is 0 Å². The maximum absolute atomic E-state index is 8.32. The van der Waals surface area contributed by atoms with E-state index < -0.39 is 70.9 Å². The van der Waals surface area contributed by atoms with Crippen molar-refractivity contribution in [2.45, 2.75) is 41.5 Å². The van der Waals surface area contributed by atoms with E-state index in [0.717, 1.165) is 38.6 Å². The predicted molar refractivity (Wildman–Crippen MR) is 307 cm³/mol. The molecule has 8 atom stereocenters. The van der Waals surface area contributed by atoms with Crippen molar-refractivity contribution >= 4 is 123 Å². The van der Waals surface area contributed by atoms with Crippen molar-refractivity contribution in [2.24, 2.45) is 0 Å². The van der Waals surface area contributed by atoms with Crippen molar-refractivity contribution in [3.8, 4) is 0 Å². The van der Waals surface area contributed by atoms with Crippen LogP contribution in [0.25, 0.3) is 0 Å². The van der Waals surface area contributed by atoms with E-state index in [0.29, 0.717) is 36.3 Å². The molecule has 4 aliphatic rings. The Morgan fingerprint density at radius 3 is 0.840 bits per heavy atom. The van der Waals surface area contributed by atoms with Crippen molar-refractivity contribution in [3.63, 3.8) is 0 Å². The minimum atomic E-state index is -4.84. The summed E-state index contributed by atoms with van der Waals surface area (Å²) in [6.45, 7) is 12.3. The zero-order chi connectivity index (χ0) is 51.7. The normalized spacial score (nSPS) is 30.3. The lowest BCUT2D eigenvalue weighted by Gasteiger charge is -2.59. The minimum absolute atomic E-state index is 0.134. The van der Waals surface area contributed by atoms with Gasteiger partial charge in [0, 0.05) is 36.3 Å². The van der Waals surface area contributed by atoms with Crippen LogP contribution >= 0.6 is 0 Å². The quantitative estimate of drug-likeness (QED) is 0.198.